The monoisotopic (exact) mass is 525 g/mol. The third-order valence-corrected chi connectivity index (χ3v) is 6.78. The summed E-state index contributed by atoms with van der Waals surface area (Å²) >= 11 is 0. The van der Waals surface area contributed by atoms with Crippen molar-refractivity contribution in [3.63, 3.8) is 0 Å². The Hall–Kier alpha value is -4.25. The van der Waals surface area contributed by atoms with Gasteiger partial charge in [-0.3, -0.25) is 4.79 Å². The van der Waals surface area contributed by atoms with Crippen LogP contribution < -0.4 is 10.2 Å². The fraction of sp³-hybridized carbons (Fsp3) is 0.333. The largest absolute Gasteiger partial charge is 0.478 e. The Kier molecular flexibility index (Phi) is 7.49. The molecule has 1 amide bonds. The molecule has 5 rings (SSSR count). The van der Waals surface area contributed by atoms with Crippen molar-refractivity contribution < 1.29 is 38.6 Å². The molecule has 4 N–H and O–H groups in total. The number of fused-ring (bicyclic) bond motifs is 2. The summed E-state index contributed by atoms with van der Waals surface area (Å²) in [6.07, 6.45) is 3.63. The number of carbonyl (C=O) groups excluding carboxylic acids is 1. The van der Waals surface area contributed by atoms with Crippen LogP contribution in [0.25, 0.3) is 11.0 Å². The van der Waals surface area contributed by atoms with E-state index in [1.807, 2.05) is 19.1 Å². The van der Waals surface area contributed by atoms with Crippen LogP contribution in [0.2, 0.25) is 0 Å². The van der Waals surface area contributed by atoms with E-state index in [1.165, 1.54) is 12.1 Å². The molecular formula is C27H28FN3O7. The zero-order valence-corrected chi connectivity index (χ0v) is 20.9. The van der Waals surface area contributed by atoms with E-state index in [4.69, 9.17) is 14.7 Å². The molecule has 2 aliphatic rings. The molecule has 1 aromatic heterocycles. The summed E-state index contributed by atoms with van der Waals surface area (Å²) in [5.74, 6) is -2.82. The summed E-state index contributed by atoms with van der Waals surface area (Å²) in [5, 5.41) is 34.1. The first kappa shape index (κ1) is 26.8. The number of piperidine rings is 1. The van der Waals surface area contributed by atoms with Gasteiger partial charge in [-0.25, -0.2) is 14.0 Å². The number of aliphatic hydroxyl groups is 1. The quantitative estimate of drug-likeness (QED) is 0.366. The Morgan fingerprint density at radius 1 is 1.18 bits per heavy atom. The lowest BCUT2D eigenvalue weighted by Crippen LogP contribution is -2.37. The SMILES string of the molecule is CCc1c(N2CCC(c3noc4cc(F)ccc34)CC2)ccc2c1C(C)(O)NC2=O.O=C(O)C=CC(=O)O. The van der Waals surface area contributed by atoms with Crippen molar-refractivity contribution in [3.8, 4) is 0 Å². The van der Waals surface area contributed by atoms with Crippen LogP contribution in [0.3, 0.4) is 0 Å². The Morgan fingerprint density at radius 2 is 1.84 bits per heavy atom. The van der Waals surface area contributed by atoms with Crippen LogP contribution in [0.15, 0.2) is 47.0 Å². The Labute approximate surface area is 217 Å². The van der Waals surface area contributed by atoms with Crippen molar-refractivity contribution >= 4 is 34.5 Å². The molecule has 3 heterocycles. The number of anilines is 1. The van der Waals surface area contributed by atoms with E-state index in [0.717, 1.165) is 54.7 Å². The number of hydrogen-bond acceptors (Lipinski definition) is 7. The molecule has 3 aromatic rings. The molecule has 200 valence electrons. The van der Waals surface area contributed by atoms with Gasteiger partial charge in [0.05, 0.1) is 5.69 Å². The van der Waals surface area contributed by atoms with Gasteiger partial charge in [0.1, 0.15) is 5.82 Å². The molecule has 1 unspecified atom stereocenters. The fourth-order valence-corrected chi connectivity index (χ4v) is 5.15. The molecule has 0 bridgehead atoms. The van der Waals surface area contributed by atoms with Crippen molar-refractivity contribution in [1.82, 2.24) is 10.5 Å². The highest BCUT2D eigenvalue weighted by atomic mass is 19.1. The molecule has 2 aromatic carbocycles. The third kappa shape index (κ3) is 5.37. The van der Waals surface area contributed by atoms with Crippen molar-refractivity contribution in [3.05, 3.63) is 70.7 Å². The van der Waals surface area contributed by atoms with Gasteiger partial charge >= 0.3 is 11.9 Å². The van der Waals surface area contributed by atoms with E-state index >= 15 is 0 Å². The number of rotatable bonds is 5. The minimum absolute atomic E-state index is 0.232. The van der Waals surface area contributed by atoms with E-state index in [-0.39, 0.29) is 17.6 Å². The number of nitrogens with zero attached hydrogens (tertiary/aromatic N) is 2. The molecular weight excluding hydrogens is 497 g/mol. The van der Waals surface area contributed by atoms with Crippen LogP contribution in [0.1, 0.15) is 59.8 Å². The molecule has 1 saturated heterocycles. The van der Waals surface area contributed by atoms with Gasteiger partial charge in [-0.15, -0.1) is 0 Å². The third-order valence-electron chi connectivity index (χ3n) is 6.78. The minimum Gasteiger partial charge on any atom is -0.478 e. The second-order valence-electron chi connectivity index (χ2n) is 9.35. The normalized spacial score (nSPS) is 19.3. The number of carboxylic acid groups (broad SMARTS) is 2. The number of aromatic nitrogens is 1. The Morgan fingerprint density at radius 3 is 2.45 bits per heavy atom. The second kappa shape index (κ2) is 10.6. The number of hydrogen-bond donors (Lipinski definition) is 4. The van der Waals surface area contributed by atoms with Gasteiger partial charge in [-0.2, -0.15) is 0 Å². The molecule has 10 nitrogen and oxygen atoms in total. The maximum atomic E-state index is 13.4. The summed E-state index contributed by atoms with van der Waals surface area (Å²) in [6.45, 7) is 5.33. The van der Waals surface area contributed by atoms with E-state index in [1.54, 1.807) is 13.0 Å². The Bertz CT molecular complexity index is 1410. The van der Waals surface area contributed by atoms with Gasteiger partial charge < -0.3 is 30.1 Å². The van der Waals surface area contributed by atoms with Gasteiger partial charge in [0.2, 0.25) is 0 Å². The first-order chi connectivity index (χ1) is 18.0. The summed E-state index contributed by atoms with van der Waals surface area (Å²) < 4.78 is 18.8. The van der Waals surface area contributed by atoms with Crippen molar-refractivity contribution in [1.29, 1.82) is 0 Å². The van der Waals surface area contributed by atoms with E-state index in [0.29, 0.717) is 28.9 Å². The highest BCUT2D eigenvalue weighted by Gasteiger charge is 2.40. The summed E-state index contributed by atoms with van der Waals surface area (Å²) in [7, 11) is 0. The van der Waals surface area contributed by atoms with Gasteiger partial charge in [-0.05, 0) is 56.0 Å². The van der Waals surface area contributed by atoms with Crippen LogP contribution in [0.5, 0.6) is 0 Å². The lowest BCUT2D eigenvalue weighted by molar-refractivity contribution is -0.134. The highest BCUT2D eigenvalue weighted by molar-refractivity contribution is 6.00. The lowest BCUT2D eigenvalue weighted by Gasteiger charge is -2.35. The first-order valence-corrected chi connectivity index (χ1v) is 12.2. The molecule has 0 radical (unpaired) electrons. The van der Waals surface area contributed by atoms with E-state index < -0.39 is 17.7 Å². The zero-order valence-electron chi connectivity index (χ0n) is 20.9. The molecule has 1 fully saturated rings. The predicted octanol–water partition coefficient (Wildman–Crippen LogP) is 3.53. The average Bonchev–Trinajstić information content (AvgIpc) is 3.39. The maximum absolute atomic E-state index is 13.4. The van der Waals surface area contributed by atoms with Gasteiger partial charge in [0.15, 0.2) is 11.3 Å². The highest BCUT2D eigenvalue weighted by Crippen LogP contribution is 2.40. The van der Waals surface area contributed by atoms with E-state index in [9.17, 15) is 23.9 Å². The first-order valence-electron chi connectivity index (χ1n) is 12.2. The van der Waals surface area contributed by atoms with Crippen LogP contribution >= 0.6 is 0 Å². The standard InChI is InChI=1S/C23H24FN3O3.C4H4O4/c1-3-15-18(7-6-17-20(15)23(2,29)25-22(17)28)27-10-8-13(9-11-27)21-16-5-4-14(24)12-19(16)30-26-21;5-3(6)1-2-4(7)8/h4-7,12-13,29H,3,8-11H2,1-2H3,(H,25,28);1-2H,(H,5,6)(H,7,8). The summed E-state index contributed by atoms with van der Waals surface area (Å²) in [4.78, 5) is 33.6. The molecule has 11 heteroatoms. The number of amides is 1. The maximum Gasteiger partial charge on any atom is 0.328 e. The number of carbonyl (C=O) groups is 3. The van der Waals surface area contributed by atoms with Gasteiger partial charge in [-0.1, -0.05) is 12.1 Å². The fourth-order valence-electron chi connectivity index (χ4n) is 5.15. The number of nitrogens with one attached hydrogen (secondary N) is 1. The molecule has 0 spiro atoms. The molecule has 0 aliphatic carbocycles. The molecule has 0 saturated carbocycles. The second-order valence-corrected chi connectivity index (χ2v) is 9.35. The van der Waals surface area contributed by atoms with Crippen LogP contribution in [0, 0.1) is 5.82 Å². The lowest BCUT2D eigenvalue weighted by atomic mass is 9.89. The van der Waals surface area contributed by atoms with Crippen LogP contribution in [-0.2, 0) is 21.7 Å². The number of benzene rings is 2. The molecule has 1 atom stereocenters. The topological polar surface area (TPSA) is 153 Å². The smallest absolute Gasteiger partial charge is 0.328 e. The average molecular weight is 526 g/mol. The van der Waals surface area contributed by atoms with Crippen molar-refractivity contribution in [2.45, 2.75) is 44.8 Å². The summed E-state index contributed by atoms with van der Waals surface area (Å²) in [6, 6.07) is 8.36. The van der Waals surface area contributed by atoms with Gasteiger partial charge in [0, 0.05) is 59.4 Å². The molecule has 38 heavy (non-hydrogen) atoms. The van der Waals surface area contributed by atoms with E-state index in [2.05, 4.69) is 15.4 Å². The zero-order chi connectivity index (χ0) is 27.6. The molecule has 2 aliphatic heterocycles. The van der Waals surface area contributed by atoms with Crippen molar-refractivity contribution in [2.24, 2.45) is 0 Å². The van der Waals surface area contributed by atoms with Crippen molar-refractivity contribution in [2.75, 3.05) is 18.0 Å². The van der Waals surface area contributed by atoms with Crippen LogP contribution in [-0.4, -0.2) is 51.4 Å². The minimum atomic E-state index is -1.35. The summed E-state index contributed by atoms with van der Waals surface area (Å²) in [5.41, 5.74) is 3.36. The number of halogens is 1. The number of aliphatic carboxylic acids is 2. The Balaban J connectivity index is 0.000000368. The number of carboxylic acids is 2. The van der Waals surface area contributed by atoms with Gasteiger partial charge in [0.25, 0.3) is 5.91 Å². The predicted molar refractivity (Wildman–Crippen MR) is 135 cm³/mol. The van der Waals surface area contributed by atoms with Crippen LogP contribution in [0.4, 0.5) is 10.1 Å².